The predicted molar refractivity (Wildman–Crippen MR) is 76.8 cm³/mol. The molecule has 0 heterocycles. The van der Waals surface area contributed by atoms with Gasteiger partial charge in [0.25, 0.3) is 0 Å². The lowest BCUT2D eigenvalue weighted by molar-refractivity contribution is 0.381. The molecule has 2 aromatic carbocycles. The summed E-state index contributed by atoms with van der Waals surface area (Å²) in [5, 5.41) is 0. The first-order valence-electron chi connectivity index (χ1n) is 6.51. The standard InChI is InChI=1S/C15H13F4NO2S/c1-23(21,22)20(8-10-4-2-6-12(16)14(10)18)9-11-5-3-7-13(17)15(11)19/h2-7H,8-9H2,1H3. The van der Waals surface area contributed by atoms with Crippen LogP contribution in [0.25, 0.3) is 0 Å². The molecule has 0 aliphatic carbocycles. The van der Waals surface area contributed by atoms with Gasteiger partial charge in [0, 0.05) is 24.2 Å². The smallest absolute Gasteiger partial charge is 0.211 e. The molecule has 8 heteroatoms. The Balaban J connectivity index is 2.35. The third kappa shape index (κ3) is 4.08. The van der Waals surface area contributed by atoms with Gasteiger partial charge in [-0.15, -0.1) is 0 Å². The largest absolute Gasteiger partial charge is 0.212 e. The zero-order chi connectivity index (χ0) is 17.2. The minimum absolute atomic E-state index is 0.202. The number of sulfonamides is 1. The molecule has 0 unspecified atom stereocenters. The first-order chi connectivity index (χ1) is 10.7. The van der Waals surface area contributed by atoms with E-state index in [0.29, 0.717) is 0 Å². The molecule has 0 aliphatic heterocycles. The Labute approximate surface area is 131 Å². The first kappa shape index (κ1) is 17.4. The van der Waals surface area contributed by atoms with E-state index in [1.807, 2.05) is 0 Å². The number of benzene rings is 2. The van der Waals surface area contributed by atoms with E-state index < -0.39 is 46.4 Å². The van der Waals surface area contributed by atoms with Crippen LogP contribution in [0.2, 0.25) is 0 Å². The first-order valence-corrected chi connectivity index (χ1v) is 8.36. The maximum Gasteiger partial charge on any atom is 0.211 e. The number of hydrogen-bond acceptors (Lipinski definition) is 2. The molecule has 0 saturated carbocycles. The highest BCUT2D eigenvalue weighted by Gasteiger charge is 2.22. The number of rotatable bonds is 5. The van der Waals surface area contributed by atoms with Crippen LogP contribution in [0, 0.1) is 23.3 Å². The molecule has 0 amide bonds. The van der Waals surface area contributed by atoms with Gasteiger partial charge in [-0.3, -0.25) is 0 Å². The van der Waals surface area contributed by atoms with Crippen molar-refractivity contribution in [2.45, 2.75) is 13.1 Å². The minimum atomic E-state index is -3.87. The topological polar surface area (TPSA) is 37.4 Å². The average Bonchev–Trinajstić information content (AvgIpc) is 2.46. The van der Waals surface area contributed by atoms with Crippen LogP contribution in [0.3, 0.4) is 0 Å². The van der Waals surface area contributed by atoms with E-state index in [9.17, 15) is 26.0 Å². The molecule has 2 rings (SSSR count). The molecule has 0 fully saturated rings. The molecule has 3 nitrogen and oxygen atoms in total. The van der Waals surface area contributed by atoms with E-state index in [0.717, 1.165) is 22.7 Å². The maximum absolute atomic E-state index is 13.7. The Morgan fingerprint density at radius 3 is 1.57 bits per heavy atom. The highest BCUT2D eigenvalue weighted by Crippen LogP contribution is 2.20. The van der Waals surface area contributed by atoms with Crippen molar-refractivity contribution in [1.82, 2.24) is 4.31 Å². The third-order valence-electron chi connectivity index (χ3n) is 3.23. The highest BCUT2D eigenvalue weighted by molar-refractivity contribution is 7.88. The molecule has 0 spiro atoms. The lowest BCUT2D eigenvalue weighted by Crippen LogP contribution is -2.30. The summed E-state index contributed by atoms with van der Waals surface area (Å²) in [6, 6.07) is 6.71. The molecule has 0 aliphatic rings. The van der Waals surface area contributed by atoms with E-state index in [2.05, 4.69) is 0 Å². The van der Waals surface area contributed by atoms with Crippen molar-refractivity contribution in [2.75, 3.05) is 6.26 Å². The lowest BCUT2D eigenvalue weighted by Gasteiger charge is -2.21. The SMILES string of the molecule is CS(=O)(=O)N(Cc1cccc(F)c1F)Cc1cccc(F)c1F. The van der Waals surface area contributed by atoms with Crippen molar-refractivity contribution in [1.29, 1.82) is 0 Å². The van der Waals surface area contributed by atoms with Gasteiger partial charge in [-0.25, -0.2) is 26.0 Å². The van der Waals surface area contributed by atoms with E-state index in [1.165, 1.54) is 24.3 Å². The van der Waals surface area contributed by atoms with Gasteiger partial charge in [0.2, 0.25) is 10.0 Å². The number of hydrogen-bond donors (Lipinski definition) is 0. The summed E-state index contributed by atoms with van der Waals surface area (Å²) in [4.78, 5) is 0. The van der Waals surface area contributed by atoms with Crippen LogP contribution in [-0.4, -0.2) is 19.0 Å². The van der Waals surface area contributed by atoms with Crippen LogP contribution in [0.5, 0.6) is 0 Å². The van der Waals surface area contributed by atoms with Crippen LogP contribution in [-0.2, 0) is 23.1 Å². The number of nitrogens with zero attached hydrogens (tertiary/aromatic N) is 1. The van der Waals surface area contributed by atoms with Gasteiger partial charge < -0.3 is 0 Å². The Hall–Kier alpha value is -1.93. The van der Waals surface area contributed by atoms with Crippen LogP contribution in [0.4, 0.5) is 17.6 Å². The summed E-state index contributed by atoms with van der Waals surface area (Å²) < 4.78 is 78.2. The van der Waals surface area contributed by atoms with E-state index in [4.69, 9.17) is 0 Å². The van der Waals surface area contributed by atoms with Gasteiger partial charge in [0.1, 0.15) is 0 Å². The fourth-order valence-corrected chi connectivity index (χ4v) is 2.76. The van der Waals surface area contributed by atoms with E-state index in [1.54, 1.807) is 0 Å². The minimum Gasteiger partial charge on any atom is -0.212 e. The monoisotopic (exact) mass is 347 g/mol. The van der Waals surface area contributed by atoms with E-state index in [-0.39, 0.29) is 11.1 Å². The summed E-state index contributed by atoms with van der Waals surface area (Å²) in [5.74, 6) is -4.59. The second-order valence-corrected chi connectivity index (χ2v) is 6.94. The van der Waals surface area contributed by atoms with Crippen LogP contribution in [0.15, 0.2) is 36.4 Å². The lowest BCUT2D eigenvalue weighted by atomic mass is 10.1. The Morgan fingerprint density at radius 1 is 0.826 bits per heavy atom. The fraction of sp³-hybridized carbons (Fsp3) is 0.200. The zero-order valence-corrected chi connectivity index (χ0v) is 12.9. The molecular formula is C15H13F4NO2S. The average molecular weight is 347 g/mol. The molecule has 0 aromatic heterocycles. The van der Waals surface area contributed by atoms with Crippen molar-refractivity contribution in [2.24, 2.45) is 0 Å². The summed E-state index contributed by atoms with van der Waals surface area (Å²) in [5.41, 5.74) is -0.403. The Kier molecular flexibility index (Phi) is 5.06. The Bertz CT molecular complexity index is 771. The Morgan fingerprint density at radius 2 is 1.22 bits per heavy atom. The van der Waals surface area contributed by atoms with Crippen molar-refractivity contribution in [3.05, 3.63) is 70.8 Å². The predicted octanol–water partition coefficient (Wildman–Crippen LogP) is 3.20. The van der Waals surface area contributed by atoms with Crippen molar-refractivity contribution < 1.29 is 26.0 Å². The van der Waals surface area contributed by atoms with Gasteiger partial charge in [0.05, 0.1) is 6.26 Å². The molecule has 2 aromatic rings. The van der Waals surface area contributed by atoms with Crippen LogP contribution < -0.4 is 0 Å². The molecule has 23 heavy (non-hydrogen) atoms. The molecular weight excluding hydrogens is 334 g/mol. The second kappa shape index (κ2) is 6.67. The quantitative estimate of drug-likeness (QED) is 0.779. The van der Waals surface area contributed by atoms with Crippen molar-refractivity contribution in [3.8, 4) is 0 Å². The molecule has 0 saturated heterocycles. The summed E-state index contributed by atoms with van der Waals surface area (Å²) in [6.45, 7) is -1.00. The van der Waals surface area contributed by atoms with Crippen LogP contribution >= 0.6 is 0 Å². The van der Waals surface area contributed by atoms with Crippen molar-refractivity contribution >= 4 is 10.0 Å². The van der Waals surface area contributed by atoms with Gasteiger partial charge in [-0.2, -0.15) is 4.31 Å². The van der Waals surface area contributed by atoms with Gasteiger partial charge in [-0.1, -0.05) is 24.3 Å². The molecule has 124 valence electrons. The molecule has 0 radical (unpaired) electrons. The third-order valence-corrected chi connectivity index (χ3v) is 4.42. The molecule has 0 atom stereocenters. The number of halogens is 4. The van der Waals surface area contributed by atoms with Crippen molar-refractivity contribution in [3.63, 3.8) is 0 Å². The highest BCUT2D eigenvalue weighted by atomic mass is 32.2. The maximum atomic E-state index is 13.7. The summed E-state index contributed by atoms with van der Waals surface area (Å²) in [7, 11) is -3.87. The fourth-order valence-electron chi connectivity index (χ4n) is 2.01. The van der Waals surface area contributed by atoms with E-state index >= 15 is 0 Å². The van der Waals surface area contributed by atoms with Gasteiger partial charge in [0.15, 0.2) is 23.3 Å². The van der Waals surface area contributed by atoms with Gasteiger partial charge >= 0.3 is 0 Å². The molecule has 0 N–H and O–H groups in total. The normalized spacial score (nSPS) is 11.9. The second-order valence-electron chi connectivity index (χ2n) is 4.96. The van der Waals surface area contributed by atoms with Gasteiger partial charge in [-0.05, 0) is 12.1 Å². The van der Waals surface area contributed by atoms with Crippen LogP contribution in [0.1, 0.15) is 11.1 Å². The zero-order valence-electron chi connectivity index (χ0n) is 12.1. The molecule has 0 bridgehead atoms. The summed E-state index contributed by atoms with van der Waals surface area (Å²) >= 11 is 0. The summed E-state index contributed by atoms with van der Waals surface area (Å²) in [6.07, 6.45) is 0.849.